The second-order valence-electron chi connectivity index (χ2n) is 5.84. The Kier molecular flexibility index (Phi) is 4.73. The maximum absolute atomic E-state index is 5.77. The minimum atomic E-state index is 0.483. The molecule has 2 aliphatic rings. The molecule has 0 spiro atoms. The average molecular weight is 295 g/mol. The molecule has 3 rings (SSSR count). The van der Waals surface area contributed by atoms with Crippen LogP contribution < -0.4 is 4.90 Å². The molecule has 20 heavy (non-hydrogen) atoms. The second kappa shape index (κ2) is 6.72. The van der Waals surface area contributed by atoms with Gasteiger partial charge < -0.3 is 9.80 Å². The summed E-state index contributed by atoms with van der Waals surface area (Å²) in [4.78, 5) is 13.9. The highest BCUT2D eigenvalue weighted by atomic mass is 35.5. The summed E-state index contributed by atoms with van der Waals surface area (Å²) < 4.78 is 0. The van der Waals surface area contributed by atoms with Crippen molar-refractivity contribution in [1.29, 1.82) is 0 Å². The molecule has 1 aromatic rings. The van der Waals surface area contributed by atoms with Gasteiger partial charge in [0.2, 0.25) is 5.95 Å². The number of halogens is 1. The van der Waals surface area contributed by atoms with Gasteiger partial charge in [0.05, 0.1) is 5.88 Å². The molecule has 3 heterocycles. The molecule has 0 radical (unpaired) electrons. The minimum Gasteiger partial charge on any atom is -0.341 e. The van der Waals surface area contributed by atoms with Gasteiger partial charge in [-0.2, -0.15) is 0 Å². The fourth-order valence-corrected chi connectivity index (χ4v) is 3.43. The van der Waals surface area contributed by atoms with Gasteiger partial charge in [0.1, 0.15) is 0 Å². The summed E-state index contributed by atoms with van der Waals surface area (Å²) >= 11 is 5.77. The van der Waals surface area contributed by atoms with Crippen molar-refractivity contribution in [3.63, 3.8) is 0 Å². The van der Waals surface area contributed by atoms with Crippen molar-refractivity contribution < 1.29 is 0 Å². The maximum atomic E-state index is 5.77. The molecule has 2 fully saturated rings. The topological polar surface area (TPSA) is 32.3 Å². The van der Waals surface area contributed by atoms with Gasteiger partial charge in [-0.05, 0) is 38.8 Å². The van der Waals surface area contributed by atoms with Crippen LogP contribution in [0.5, 0.6) is 0 Å². The molecule has 2 aliphatic heterocycles. The van der Waals surface area contributed by atoms with Crippen molar-refractivity contribution >= 4 is 17.5 Å². The van der Waals surface area contributed by atoms with Crippen LogP contribution in [0, 0.1) is 0 Å². The van der Waals surface area contributed by atoms with E-state index < -0.39 is 0 Å². The summed E-state index contributed by atoms with van der Waals surface area (Å²) in [7, 11) is 0. The molecule has 1 aromatic heterocycles. The zero-order valence-corrected chi connectivity index (χ0v) is 12.7. The van der Waals surface area contributed by atoms with Gasteiger partial charge >= 0.3 is 0 Å². The average Bonchev–Trinajstić information content (AvgIpc) is 2.56. The molecule has 0 amide bonds. The molecule has 5 heteroatoms. The third-order valence-electron chi connectivity index (χ3n) is 4.50. The lowest BCUT2D eigenvalue weighted by atomic mass is 10.0. The van der Waals surface area contributed by atoms with Gasteiger partial charge in [-0.25, -0.2) is 9.97 Å². The van der Waals surface area contributed by atoms with Crippen LogP contribution in [0.1, 0.15) is 37.7 Å². The standard InChI is InChI=1S/C15H23ClN4/c16-10-13-11-17-15(18-12-13)20-8-4-14(5-9-20)19-6-2-1-3-7-19/h11-12,14H,1-10H2. The largest absolute Gasteiger partial charge is 0.341 e. The van der Waals surface area contributed by atoms with Gasteiger partial charge in [-0.3, -0.25) is 0 Å². The van der Waals surface area contributed by atoms with E-state index in [0.717, 1.165) is 30.6 Å². The Labute approximate surface area is 126 Å². The predicted octanol–water partition coefficient (Wildman–Crippen LogP) is 2.67. The Morgan fingerprint density at radius 2 is 1.65 bits per heavy atom. The number of anilines is 1. The van der Waals surface area contributed by atoms with Crippen molar-refractivity contribution in [2.75, 3.05) is 31.1 Å². The van der Waals surface area contributed by atoms with Crippen LogP contribution >= 0.6 is 11.6 Å². The van der Waals surface area contributed by atoms with Crippen LogP contribution in [0.25, 0.3) is 0 Å². The molecule has 110 valence electrons. The number of rotatable bonds is 3. The molecular formula is C15H23ClN4. The van der Waals surface area contributed by atoms with Gasteiger partial charge in [-0.15, -0.1) is 11.6 Å². The summed E-state index contributed by atoms with van der Waals surface area (Å²) in [5, 5.41) is 0. The highest BCUT2D eigenvalue weighted by Crippen LogP contribution is 2.22. The fourth-order valence-electron chi connectivity index (χ4n) is 3.29. The molecule has 4 nitrogen and oxygen atoms in total. The molecule has 0 bridgehead atoms. The zero-order chi connectivity index (χ0) is 13.8. The highest BCUT2D eigenvalue weighted by molar-refractivity contribution is 6.17. The van der Waals surface area contributed by atoms with Gasteiger partial charge in [0.25, 0.3) is 0 Å². The molecule has 0 aromatic carbocycles. The smallest absolute Gasteiger partial charge is 0.225 e. The molecular weight excluding hydrogens is 272 g/mol. The van der Waals surface area contributed by atoms with Crippen molar-refractivity contribution in [1.82, 2.24) is 14.9 Å². The van der Waals surface area contributed by atoms with Crippen molar-refractivity contribution in [2.45, 2.75) is 44.0 Å². The fraction of sp³-hybridized carbons (Fsp3) is 0.733. The van der Waals surface area contributed by atoms with Crippen molar-refractivity contribution in [2.24, 2.45) is 0 Å². The number of hydrogen-bond acceptors (Lipinski definition) is 4. The van der Waals surface area contributed by atoms with Crippen LogP contribution in [0.2, 0.25) is 0 Å². The van der Waals surface area contributed by atoms with E-state index in [0.29, 0.717) is 5.88 Å². The van der Waals surface area contributed by atoms with E-state index >= 15 is 0 Å². The van der Waals surface area contributed by atoms with E-state index in [-0.39, 0.29) is 0 Å². The first-order chi connectivity index (χ1) is 9.86. The molecule has 0 aliphatic carbocycles. The van der Waals surface area contributed by atoms with Crippen LogP contribution in [0.4, 0.5) is 5.95 Å². The SMILES string of the molecule is ClCc1cnc(N2CCC(N3CCCCC3)CC2)nc1. The van der Waals surface area contributed by atoms with Crippen LogP contribution in [-0.2, 0) is 5.88 Å². The quantitative estimate of drug-likeness (QED) is 0.802. The summed E-state index contributed by atoms with van der Waals surface area (Å²) in [5.41, 5.74) is 0.985. The number of aromatic nitrogens is 2. The van der Waals surface area contributed by atoms with Crippen LogP contribution in [0.15, 0.2) is 12.4 Å². The second-order valence-corrected chi connectivity index (χ2v) is 6.11. The van der Waals surface area contributed by atoms with E-state index in [1.165, 1.54) is 45.2 Å². The van der Waals surface area contributed by atoms with E-state index in [1.54, 1.807) is 0 Å². The summed E-state index contributed by atoms with van der Waals surface area (Å²) in [6.07, 6.45) is 10.3. The molecule has 0 N–H and O–H groups in total. The Morgan fingerprint density at radius 3 is 2.25 bits per heavy atom. The number of alkyl halides is 1. The van der Waals surface area contributed by atoms with E-state index in [4.69, 9.17) is 11.6 Å². The number of piperidine rings is 2. The molecule has 0 atom stereocenters. The van der Waals surface area contributed by atoms with E-state index in [9.17, 15) is 0 Å². The van der Waals surface area contributed by atoms with Crippen molar-refractivity contribution in [3.05, 3.63) is 18.0 Å². The molecule has 2 saturated heterocycles. The summed E-state index contributed by atoms with van der Waals surface area (Å²) in [6.45, 7) is 4.74. The Bertz CT molecular complexity index is 408. The monoisotopic (exact) mass is 294 g/mol. The van der Waals surface area contributed by atoms with Crippen LogP contribution in [-0.4, -0.2) is 47.1 Å². The third-order valence-corrected chi connectivity index (χ3v) is 4.81. The summed E-state index contributed by atoms with van der Waals surface area (Å²) in [6, 6.07) is 0.772. The lowest BCUT2D eigenvalue weighted by molar-refractivity contribution is 0.141. The van der Waals surface area contributed by atoms with E-state index in [2.05, 4.69) is 19.8 Å². The van der Waals surface area contributed by atoms with Crippen LogP contribution in [0.3, 0.4) is 0 Å². The summed E-state index contributed by atoms with van der Waals surface area (Å²) in [5.74, 6) is 1.34. The van der Waals surface area contributed by atoms with E-state index in [1.807, 2.05) is 12.4 Å². The molecule has 0 saturated carbocycles. The number of hydrogen-bond donors (Lipinski definition) is 0. The van der Waals surface area contributed by atoms with Gasteiger partial charge in [0, 0.05) is 37.1 Å². The first-order valence-electron chi connectivity index (χ1n) is 7.72. The maximum Gasteiger partial charge on any atom is 0.225 e. The van der Waals surface area contributed by atoms with Crippen molar-refractivity contribution in [3.8, 4) is 0 Å². The lowest BCUT2D eigenvalue weighted by Crippen LogP contribution is -2.47. The third kappa shape index (κ3) is 3.23. The minimum absolute atomic E-state index is 0.483. The first-order valence-corrected chi connectivity index (χ1v) is 8.26. The predicted molar refractivity (Wildman–Crippen MR) is 82.2 cm³/mol. The van der Waals surface area contributed by atoms with Gasteiger partial charge in [-0.1, -0.05) is 6.42 Å². The Balaban J connectivity index is 1.54. The van der Waals surface area contributed by atoms with Gasteiger partial charge in [0.15, 0.2) is 0 Å². The normalized spacial score (nSPS) is 22.1. The zero-order valence-electron chi connectivity index (χ0n) is 12.0. The Hall–Kier alpha value is -0.870. The molecule has 0 unspecified atom stereocenters. The number of likely N-dealkylation sites (tertiary alicyclic amines) is 1. The first kappa shape index (κ1) is 14.1. The Morgan fingerprint density at radius 1 is 1.00 bits per heavy atom. The lowest BCUT2D eigenvalue weighted by Gasteiger charge is -2.40. The number of nitrogens with zero attached hydrogens (tertiary/aromatic N) is 4. The highest BCUT2D eigenvalue weighted by Gasteiger charge is 2.26.